The Hall–Kier alpha value is -3.81. The number of hydrogen-bond acceptors (Lipinski definition) is 5. The van der Waals surface area contributed by atoms with E-state index in [1.807, 2.05) is 35.2 Å². The van der Waals surface area contributed by atoms with Crippen LogP contribution < -0.4 is 10.2 Å². The number of carbonyl (C=O) groups is 2. The number of aromatic nitrogens is 2. The van der Waals surface area contributed by atoms with Crippen LogP contribution in [0.5, 0.6) is 0 Å². The number of nitrogens with zero attached hydrogens (tertiary/aromatic N) is 4. The Balaban J connectivity index is 1.16. The van der Waals surface area contributed by atoms with E-state index in [2.05, 4.69) is 20.2 Å². The van der Waals surface area contributed by atoms with E-state index < -0.39 is 5.41 Å². The van der Waals surface area contributed by atoms with Crippen LogP contribution in [0, 0.1) is 5.82 Å². The zero-order valence-electron chi connectivity index (χ0n) is 19.5. The van der Waals surface area contributed by atoms with Crippen molar-refractivity contribution in [3.63, 3.8) is 0 Å². The summed E-state index contributed by atoms with van der Waals surface area (Å²) in [4.78, 5) is 38.4. The molecule has 35 heavy (non-hydrogen) atoms. The van der Waals surface area contributed by atoms with E-state index in [-0.39, 0.29) is 17.6 Å². The zero-order chi connectivity index (χ0) is 24.3. The topological polar surface area (TPSA) is 78.4 Å². The minimum atomic E-state index is -0.677. The summed E-state index contributed by atoms with van der Waals surface area (Å²) in [6.07, 6.45) is 6.11. The van der Waals surface area contributed by atoms with Crippen molar-refractivity contribution < 1.29 is 14.0 Å². The summed E-state index contributed by atoms with van der Waals surface area (Å²) in [7, 11) is 0. The molecule has 1 aliphatic carbocycles. The van der Waals surface area contributed by atoms with Crippen molar-refractivity contribution in [2.24, 2.45) is 0 Å². The van der Waals surface area contributed by atoms with Crippen molar-refractivity contribution in [1.29, 1.82) is 0 Å². The first-order chi connectivity index (χ1) is 17.0. The highest BCUT2D eigenvalue weighted by Crippen LogP contribution is 2.44. The Bertz CT molecular complexity index is 1190. The van der Waals surface area contributed by atoms with Gasteiger partial charge in [0.2, 0.25) is 17.8 Å². The fourth-order valence-corrected chi connectivity index (χ4v) is 4.82. The molecule has 2 heterocycles. The van der Waals surface area contributed by atoms with Gasteiger partial charge in [0.1, 0.15) is 5.82 Å². The third kappa shape index (κ3) is 4.87. The zero-order valence-corrected chi connectivity index (χ0v) is 19.5. The molecule has 1 aromatic heterocycles. The van der Waals surface area contributed by atoms with E-state index in [9.17, 15) is 14.0 Å². The molecule has 1 saturated carbocycles. The molecular formula is C27H28FN5O2. The van der Waals surface area contributed by atoms with Gasteiger partial charge in [-0.15, -0.1) is 0 Å². The first-order valence-corrected chi connectivity index (χ1v) is 12.0. The second-order valence-electron chi connectivity index (χ2n) is 9.19. The minimum Gasteiger partial charge on any atom is -0.339 e. The number of rotatable bonds is 6. The Labute approximate surface area is 204 Å². The van der Waals surface area contributed by atoms with Gasteiger partial charge >= 0.3 is 0 Å². The SMILES string of the molecule is O=C(Cc1ccc(NC(=O)C2(c3cccc(F)c3)CCC2)cc1)N1CCN(c2ncccn2)CC1. The predicted molar refractivity (Wildman–Crippen MR) is 132 cm³/mol. The van der Waals surface area contributed by atoms with Crippen molar-refractivity contribution in [3.8, 4) is 0 Å². The molecule has 2 fully saturated rings. The molecule has 180 valence electrons. The largest absolute Gasteiger partial charge is 0.339 e. The summed E-state index contributed by atoms with van der Waals surface area (Å²) in [5.41, 5.74) is 1.61. The number of piperazine rings is 1. The lowest BCUT2D eigenvalue weighted by molar-refractivity contribution is -0.130. The molecule has 1 aliphatic heterocycles. The fraction of sp³-hybridized carbons (Fsp3) is 0.333. The summed E-state index contributed by atoms with van der Waals surface area (Å²) in [5, 5.41) is 2.99. The van der Waals surface area contributed by atoms with Crippen LogP contribution in [0.3, 0.4) is 0 Å². The third-order valence-electron chi connectivity index (χ3n) is 7.05. The average Bonchev–Trinajstić information content (AvgIpc) is 2.85. The van der Waals surface area contributed by atoms with Crippen LogP contribution in [-0.2, 0) is 21.4 Å². The number of hydrogen-bond donors (Lipinski definition) is 1. The smallest absolute Gasteiger partial charge is 0.235 e. The van der Waals surface area contributed by atoms with Gasteiger partial charge in [0, 0.05) is 44.3 Å². The summed E-state index contributed by atoms with van der Waals surface area (Å²) >= 11 is 0. The Morgan fingerprint density at radius 1 is 0.943 bits per heavy atom. The standard InChI is InChI=1S/C27H28FN5O2/c28-22-5-1-4-21(19-22)27(10-2-11-27)25(35)31-23-8-6-20(7-9-23)18-24(34)32-14-16-33(17-15-32)26-29-12-3-13-30-26/h1,3-9,12-13,19H,2,10-11,14-18H2,(H,31,35). The summed E-state index contributed by atoms with van der Waals surface area (Å²) in [6.45, 7) is 2.67. The lowest BCUT2D eigenvalue weighted by Crippen LogP contribution is -2.49. The Kier molecular flexibility index (Phi) is 6.44. The average molecular weight is 474 g/mol. The highest BCUT2D eigenvalue weighted by Gasteiger charge is 2.45. The van der Waals surface area contributed by atoms with Gasteiger partial charge in [-0.25, -0.2) is 14.4 Å². The number of benzene rings is 2. The lowest BCUT2D eigenvalue weighted by atomic mass is 9.63. The third-order valence-corrected chi connectivity index (χ3v) is 7.05. The molecular weight excluding hydrogens is 445 g/mol. The maximum atomic E-state index is 13.8. The second kappa shape index (κ2) is 9.82. The van der Waals surface area contributed by atoms with Crippen LogP contribution in [0.4, 0.5) is 16.0 Å². The quantitative estimate of drug-likeness (QED) is 0.592. The van der Waals surface area contributed by atoms with Crippen LogP contribution in [0.1, 0.15) is 30.4 Å². The number of carbonyl (C=O) groups excluding carboxylic acids is 2. The van der Waals surface area contributed by atoms with Gasteiger partial charge in [0.25, 0.3) is 0 Å². The molecule has 3 aromatic rings. The second-order valence-corrected chi connectivity index (χ2v) is 9.19. The molecule has 2 aliphatic rings. The maximum absolute atomic E-state index is 13.8. The fourth-order valence-electron chi connectivity index (χ4n) is 4.82. The molecule has 0 radical (unpaired) electrons. The predicted octanol–water partition coefficient (Wildman–Crippen LogP) is 3.57. The molecule has 2 amide bonds. The lowest BCUT2D eigenvalue weighted by Gasteiger charge is -2.40. The van der Waals surface area contributed by atoms with Crippen molar-refractivity contribution in [2.45, 2.75) is 31.1 Å². The molecule has 5 rings (SSSR count). The molecule has 7 nitrogen and oxygen atoms in total. The van der Waals surface area contributed by atoms with Gasteiger partial charge in [-0.3, -0.25) is 9.59 Å². The molecule has 0 atom stereocenters. The molecule has 0 bridgehead atoms. The van der Waals surface area contributed by atoms with Crippen LogP contribution in [0.25, 0.3) is 0 Å². The highest BCUT2D eigenvalue weighted by atomic mass is 19.1. The molecule has 1 saturated heterocycles. The maximum Gasteiger partial charge on any atom is 0.235 e. The van der Waals surface area contributed by atoms with E-state index >= 15 is 0 Å². The highest BCUT2D eigenvalue weighted by molar-refractivity contribution is 6.00. The number of anilines is 2. The van der Waals surface area contributed by atoms with Crippen LogP contribution in [0.2, 0.25) is 0 Å². The van der Waals surface area contributed by atoms with Crippen LogP contribution >= 0.6 is 0 Å². The Morgan fingerprint density at radius 2 is 1.66 bits per heavy atom. The molecule has 2 aromatic carbocycles. The van der Waals surface area contributed by atoms with Crippen molar-refractivity contribution in [3.05, 3.63) is 83.9 Å². The minimum absolute atomic E-state index is 0.0786. The van der Waals surface area contributed by atoms with E-state index in [1.165, 1.54) is 12.1 Å². The first-order valence-electron chi connectivity index (χ1n) is 12.0. The first kappa shape index (κ1) is 23.0. The van der Waals surface area contributed by atoms with Crippen molar-refractivity contribution in [1.82, 2.24) is 14.9 Å². The number of amides is 2. The number of nitrogens with one attached hydrogen (secondary N) is 1. The van der Waals surface area contributed by atoms with E-state index in [1.54, 1.807) is 24.5 Å². The Morgan fingerprint density at radius 3 is 2.29 bits per heavy atom. The van der Waals surface area contributed by atoms with Crippen molar-refractivity contribution in [2.75, 3.05) is 36.4 Å². The summed E-state index contributed by atoms with van der Waals surface area (Å²) < 4.78 is 13.8. The molecule has 1 N–H and O–H groups in total. The van der Waals surface area contributed by atoms with E-state index in [0.29, 0.717) is 57.1 Å². The molecule has 0 unspecified atom stereocenters. The van der Waals surface area contributed by atoms with Gasteiger partial charge in [-0.2, -0.15) is 0 Å². The van der Waals surface area contributed by atoms with Gasteiger partial charge in [0.15, 0.2) is 0 Å². The number of halogens is 1. The van der Waals surface area contributed by atoms with Gasteiger partial charge in [0.05, 0.1) is 11.8 Å². The molecule has 8 heteroatoms. The van der Waals surface area contributed by atoms with Crippen LogP contribution in [0.15, 0.2) is 67.0 Å². The normalized spacial score (nSPS) is 16.9. The van der Waals surface area contributed by atoms with E-state index in [4.69, 9.17) is 0 Å². The van der Waals surface area contributed by atoms with Gasteiger partial charge in [-0.1, -0.05) is 30.7 Å². The summed E-state index contributed by atoms with van der Waals surface area (Å²) in [6, 6.07) is 15.5. The monoisotopic (exact) mass is 473 g/mol. The van der Waals surface area contributed by atoms with E-state index in [0.717, 1.165) is 17.5 Å². The summed E-state index contributed by atoms with van der Waals surface area (Å²) in [5.74, 6) is 0.331. The van der Waals surface area contributed by atoms with Gasteiger partial charge < -0.3 is 15.1 Å². The van der Waals surface area contributed by atoms with Crippen LogP contribution in [-0.4, -0.2) is 52.9 Å². The van der Waals surface area contributed by atoms with Crippen molar-refractivity contribution >= 4 is 23.5 Å². The van der Waals surface area contributed by atoms with Gasteiger partial charge in [-0.05, 0) is 54.3 Å². The molecule has 0 spiro atoms.